The Labute approximate surface area is 116 Å². The van der Waals surface area contributed by atoms with Gasteiger partial charge in [0.1, 0.15) is 5.75 Å². The summed E-state index contributed by atoms with van der Waals surface area (Å²) in [5.74, 6) is 1.66. The highest BCUT2D eigenvalue weighted by molar-refractivity contribution is 7.98. The Kier molecular flexibility index (Phi) is 4.39. The van der Waals surface area contributed by atoms with E-state index in [4.69, 9.17) is 22.1 Å². The van der Waals surface area contributed by atoms with Crippen molar-refractivity contribution in [2.45, 2.75) is 10.6 Å². The topological polar surface area (TPSA) is 35.2 Å². The monoisotopic (exact) mass is 279 g/mol. The third kappa shape index (κ3) is 2.92. The van der Waals surface area contributed by atoms with Gasteiger partial charge in [-0.3, -0.25) is 0 Å². The fraction of sp³-hybridized carbons (Fsp3) is 0.143. The Balaban J connectivity index is 2.16. The third-order valence-corrected chi connectivity index (χ3v) is 4.19. The summed E-state index contributed by atoms with van der Waals surface area (Å²) in [5.41, 5.74) is 7.76. The predicted molar refractivity (Wildman–Crippen MR) is 78.4 cm³/mol. The lowest BCUT2D eigenvalue weighted by atomic mass is 10.2. The Morgan fingerprint density at radius 2 is 1.94 bits per heavy atom. The molecule has 0 atom stereocenters. The highest BCUT2D eigenvalue weighted by atomic mass is 35.5. The third-order valence-electron chi connectivity index (χ3n) is 2.56. The van der Waals surface area contributed by atoms with Crippen LogP contribution < -0.4 is 10.5 Å². The number of hydrogen-bond donors (Lipinski definition) is 1. The first kappa shape index (κ1) is 13.1. The Morgan fingerprint density at radius 3 is 2.67 bits per heavy atom. The summed E-state index contributed by atoms with van der Waals surface area (Å²) < 4.78 is 5.32. The van der Waals surface area contributed by atoms with Gasteiger partial charge < -0.3 is 10.5 Å². The van der Waals surface area contributed by atoms with Gasteiger partial charge in [-0.1, -0.05) is 35.9 Å². The zero-order valence-electron chi connectivity index (χ0n) is 10.0. The molecule has 0 saturated heterocycles. The highest BCUT2D eigenvalue weighted by Crippen LogP contribution is 2.35. The number of rotatable bonds is 4. The normalized spacial score (nSPS) is 10.3. The number of benzene rings is 2. The van der Waals surface area contributed by atoms with Crippen molar-refractivity contribution in [3.05, 3.63) is 53.1 Å². The van der Waals surface area contributed by atoms with Crippen LogP contribution >= 0.6 is 23.4 Å². The highest BCUT2D eigenvalue weighted by Gasteiger charge is 2.07. The van der Waals surface area contributed by atoms with Gasteiger partial charge in [-0.25, -0.2) is 0 Å². The van der Waals surface area contributed by atoms with E-state index in [0.29, 0.717) is 10.7 Å². The van der Waals surface area contributed by atoms with Crippen molar-refractivity contribution in [3.8, 4) is 5.75 Å². The van der Waals surface area contributed by atoms with Crippen molar-refractivity contribution in [2.75, 3.05) is 12.8 Å². The first-order chi connectivity index (χ1) is 8.72. The van der Waals surface area contributed by atoms with Gasteiger partial charge in [-0.05, 0) is 18.2 Å². The molecular weight excluding hydrogens is 266 g/mol. The van der Waals surface area contributed by atoms with E-state index < -0.39 is 0 Å². The average Bonchev–Trinajstić information content (AvgIpc) is 2.38. The molecule has 2 aromatic carbocycles. The number of methoxy groups -OCH3 is 1. The molecule has 2 aromatic rings. The molecule has 94 valence electrons. The summed E-state index contributed by atoms with van der Waals surface area (Å²) in [4.78, 5) is 0.921. The van der Waals surface area contributed by atoms with Crippen LogP contribution in [0.25, 0.3) is 0 Å². The number of thioether (sulfide) groups is 1. The van der Waals surface area contributed by atoms with Crippen LogP contribution in [0.2, 0.25) is 5.02 Å². The smallest absolute Gasteiger partial charge is 0.122 e. The molecule has 0 unspecified atom stereocenters. The van der Waals surface area contributed by atoms with Gasteiger partial charge in [0.05, 0.1) is 12.1 Å². The van der Waals surface area contributed by atoms with E-state index in [9.17, 15) is 0 Å². The Bertz CT molecular complexity index is 525. The van der Waals surface area contributed by atoms with Crippen LogP contribution in [0.4, 0.5) is 5.69 Å². The van der Waals surface area contributed by atoms with Gasteiger partial charge in [0.15, 0.2) is 0 Å². The number of halogens is 1. The van der Waals surface area contributed by atoms with E-state index in [-0.39, 0.29) is 0 Å². The summed E-state index contributed by atoms with van der Waals surface area (Å²) in [5, 5.41) is 0.690. The molecular formula is C14H14ClNOS. The standard InChI is InChI=1S/C14H14ClNOS/c1-17-13-8-3-2-5-10(13)9-18-14-11(15)6-4-7-12(14)16/h2-8H,9,16H2,1H3. The molecule has 4 heteroatoms. The lowest BCUT2D eigenvalue weighted by Crippen LogP contribution is -1.92. The molecule has 0 amide bonds. The van der Waals surface area contributed by atoms with E-state index in [1.54, 1.807) is 18.9 Å². The first-order valence-electron chi connectivity index (χ1n) is 5.51. The first-order valence-corrected chi connectivity index (χ1v) is 6.87. The fourth-order valence-electron chi connectivity index (χ4n) is 1.65. The van der Waals surface area contributed by atoms with E-state index in [1.807, 2.05) is 42.5 Å². The lowest BCUT2D eigenvalue weighted by Gasteiger charge is -2.10. The molecule has 2 N–H and O–H groups in total. The van der Waals surface area contributed by atoms with Crippen molar-refractivity contribution in [3.63, 3.8) is 0 Å². The zero-order chi connectivity index (χ0) is 13.0. The maximum Gasteiger partial charge on any atom is 0.122 e. The van der Waals surface area contributed by atoms with Gasteiger partial charge in [0.25, 0.3) is 0 Å². The van der Waals surface area contributed by atoms with Gasteiger partial charge in [-0.15, -0.1) is 11.8 Å². The summed E-state index contributed by atoms with van der Waals surface area (Å²) in [6, 6.07) is 13.5. The molecule has 0 aliphatic rings. The second kappa shape index (κ2) is 6.03. The summed E-state index contributed by atoms with van der Waals surface area (Å²) in [6.45, 7) is 0. The van der Waals surface area contributed by atoms with Gasteiger partial charge in [-0.2, -0.15) is 0 Å². The predicted octanol–water partition coefficient (Wildman–Crippen LogP) is 4.22. The van der Waals surface area contributed by atoms with Gasteiger partial charge >= 0.3 is 0 Å². The largest absolute Gasteiger partial charge is 0.496 e. The molecule has 0 saturated carbocycles. The van der Waals surface area contributed by atoms with Gasteiger partial charge in [0, 0.05) is 21.9 Å². The molecule has 0 aliphatic heterocycles. The molecule has 0 heterocycles. The molecule has 2 rings (SSSR count). The SMILES string of the molecule is COc1ccccc1CSc1c(N)cccc1Cl. The molecule has 2 nitrogen and oxygen atoms in total. The minimum atomic E-state index is 0.690. The second-order valence-electron chi connectivity index (χ2n) is 3.76. The molecule has 0 radical (unpaired) electrons. The van der Waals surface area contributed by atoms with Crippen LogP contribution in [0.1, 0.15) is 5.56 Å². The summed E-state index contributed by atoms with van der Waals surface area (Å²) in [7, 11) is 1.67. The van der Waals surface area contributed by atoms with E-state index >= 15 is 0 Å². The molecule has 0 fully saturated rings. The number of nitrogen functional groups attached to an aromatic ring is 1. The molecule has 18 heavy (non-hydrogen) atoms. The Hall–Kier alpha value is -1.32. The molecule has 0 bridgehead atoms. The van der Waals surface area contributed by atoms with Crippen molar-refractivity contribution in [1.29, 1.82) is 0 Å². The number of ether oxygens (including phenoxy) is 1. The van der Waals surface area contributed by atoms with Crippen LogP contribution in [0.3, 0.4) is 0 Å². The van der Waals surface area contributed by atoms with Crippen molar-refractivity contribution < 1.29 is 4.74 Å². The molecule has 0 aromatic heterocycles. The van der Waals surface area contributed by atoms with Crippen LogP contribution in [0.15, 0.2) is 47.4 Å². The number of anilines is 1. The molecule has 0 aliphatic carbocycles. The Morgan fingerprint density at radius 1 is 1.17 bits per heavy atom. The lowest BCUT2D eigenvalue weighted by molar-refractivity contribution is 0.411. The maximum absolute atomic E-state index is 6.14. The number of nitrogens with two attached hydrogens (primary N) is 1. The van der Waals surface area contributed by atoms with Crippen LogP contribution in [-0.4, -0.2) is 7.11 Å². The van der Waals surface area contributed by atoms with E-state index in [2.05, 4.69) is 0 Å². The summed E-state index contributed by atoms with van der Waals surface area (Å²) in [6.07, 6.45) is 0. The summed E-state index contributed by atoms with van der Waals surface area (Å²) >= 11 is 7.76. The number of para-hydroxylation sites is 1. The number of hydrogen-bond acceptors (Lipinski definition) is 3. The average molecular weight is 280 g/mol. The van der Waals surface area contributed by atoms with Crippen molar-refractivity contribution in [2.24, 2.45) is 0 Å². The van der Waals surface area contributed by atoms with Gasteiger partial charge in [0.2, 0.25) is 0 Å². The molecule has 0 spiro atoms. The second-order valence-corrected chi connectivity index (χ2v) is 5.15. The van der Waals surface area contributed by atoms with E-state index in [1.165, 1.54) is 0 Å². The van der Waals surface area contributed by atoms with Crippen molar-refractivity contribution >= 4 is 29.1 Å². The minimum absolute atomic E-state index is 0.690. The van der Waals surface area contributed by atoms with Crippen LogP contribution in [0, 0.1) is 0 Å². The maximum atomic E-state index is 6.14. The van der Waals surface area contributed by atoms with E-state index in [0.717, 1.165) is 22.0 Å². The quantitative estimate of drug-likeness (QED) is 0.672. The van der Waals surface area contributed by atoms with Crippen LogP contribution in [-0.2, 0) is 5.75 Å². The van der Waals surface area contributed by atoms with Crippen LogP contribution in [0.5, 0.6) is 5.75 Å². The van der Waals surface area contributed by atoms with Crippen molar-refractivity contribution in [1.82, 2.24) is 0 Å². The fourth-order valence-corrected chi connectivity index (χ4v) is 2.97. The zero-order valence-corrected chi connectivity index (χ0v) is 11.6. The minimum Gasteiger partial charge on any atom is -0.496 e.